The molecule has 0 bridgehead atoms. The molecule has 0 unspecified atom stereocenters. The van der Waals surface area contributed by atoms with E-state index in [0.717, 1.165) is 23.2 Å². The zero-order chi connectivity index (χ0) is 29.2. The van der Waals surface area contributed by atoms with Crippen LogP contribution in [0.2, 0.25) is 0 Å². The van der Waals surface area contributed by atoms with Crippen molar-refractivity contribution in [3.8, 4) is 22.6 Å². The first-order chi connectivity index (χ1) is 19.1. The summed E-state index contributed by atoms with van der Waals surface area (Å²) >= 11 is 0. The Hall–Kier alpha value is -3.84. The van der Waals surface area contributed by atoms with Crippen LogP contribution in [0.5, 0.6) is 11.5 Å². The quantitative estimate of drug-likeness (QED) is 0.243. The molecule has 7 nitrogen and oxygen atoms in total. The Bertz CT molecular complexity index is 1260. The summed E-state index contributed by atoms with van der Waals surface area (Å²) in [5, 5.41) is 2.96. The van der Waals surface area contributed by atoms with Crippen LogP contribution in [0.1, 0.15) is 57.5 Å². The zero-order valence-electron chi connectivity index (χ0n) is 24.7. The zero-order valence-corrected chi connectivity index (χ0v) is 24.7. The van der Waals surface area contributed by atoms with Gasteiger partial charge in [0.1, 0.15) is 6.61 Å². The highest BCUT2D eigenvalue weighted by Crippen LogP contribution is 2.30. The molecule has 1 amide bonds. The maximum Gasteiger partial charge on any atom is 0.338 e. The van der Waals surface area contributed by atoms with Crippen LogP contribution in [-0.2, 0) is 16.0 Å². The molecule has 0 spiro atoms. The summed E-state index contributed by atoms with van der Waals surface area (Å²) in [5.41, 5.74) is 3.89. The molecule has 40 heavy (non-hydrogen) atoms. The van der Waals surface area contributed by atoms with Gasteiger partial charge in [0, 0.05) is 30.4 Å². The van der Waals surface area contributed by atoms with Gasteiger partial charge in [0.15, 0.2) is 11.5 Å². The van der Waals surface area contributed by atoms with Gasteiger partial charge >= 0.3 is 5.97 Å². The van der Waals surface area contributed by atoms with Crippen LogP contribution in [0.4, 0.5) is 5.69 Å². The van der Waals surface area contributed by atoms with Crippen LogP contribution in [0.25, 0.3) is 11.1 Å². The number of hydrogen-bond donors (Lipinski definition) is 1. The van der Waals surface area contributed by atoms with E-state index in [1.807, 2.05) is 56.3 Å². The molecular weight excluding hydrogens is 504 g/mol. The van der Waals surface area contributed by atoms with Gasteiger partial charge in [-0.3, -0.25) is 9.69 Å². The molecule has 0 saturated carbocycles. The second-order valence-electron chi connectivity index (χ2n) is 10.6. The Morgan fingerprint density at radius 3 is 2.15 bits per heavy atom. The highest BCUT2D eigenvalue weighted by atomic mass is 16.5. The lowest BCUT2D eigenvalue weighted by Crippen LogP contribution is -2.39. The average molecular weight is 547 g/mol. The van der Waals surface area contributed by atoms with E-state index in [0.29, 0.717) is 41.4 Å². The highest BCUT2D eigenvalue weighted by molar-refractivity contribution is 5.93. The first-order valence-corrected chi connectivity index (χ1v) is 13.8. The lowest BCUT2D eigenvalue weighted by atomic mass is 10.0. The minimum atomic E-state index is -0.342. The number of benzene rings is 3. The Kier molecular flexibility index (Phi) is 11.1. The second kappa shape index (κ2) is 14.5. The standard InChI is InChI=1S/C33H42N2O5/c1-22(2)35(23(3)4)17-18-39-31-21-29(15-16-30(31)38-7)34-32(36)19-25-11-13-26(14-12-25)27-9-8-10-28(20-27)33(37)40-24(5)6/h8-16,20-24H,17-19H2,1-7H3,(H,34,36). The molecule has 3 aromatic rings. The summed E-state index contributed by atoms with van der Waals surface area (Å²) in [6.45, 7) is 13.7. The molecule has 3 rings (SSSR count). The molecule has 0 aromatic heterocycles. The third-order valence-electron chi connectivity index (χ3n) is 6.47. The average Bonchev–Trinajstić information content (AvgIpc) is 2.91. The Morgan fingerprint density at radius 2 is 1.52 bits per heavy atom. The molecule has 3 aromatic carbocycles. The van der Waals surface area contributed by atoms with Gasteiger partial charge in [-0.1, -0.05) is 36.4 Å². The van der Waals surface area contributed by atoms with E-state index in [1.165, 1.54) is 0 Å². The van der Waals surface area contributed by atoms with Crippen LogP contribution in [0.15, 0.2) is 66.7 Å². The summed E-state index contributed by atoms with van der Waals surface area (Å²) in [7, 11) is 1.60. The largest absolute Gasteiger partial charge is 0.493 e. The number of rotatable bonds is 13. The number of methoxy groups -OCH3 is 1. The molecule has 1 N–H and O–H groups in total. The topological polar surface area (TPSA) is 77.1 Å². The Labute approximate surface area is 238 Å². The second-order valence-corrected chi connectivity index (χ2v) is 10.6. The van der Waals surface area contributed by atoms with Crippen molar-refractivity contribution >= 4 is 17.6 Å². The number of carbonyl (C=O) groups is 2. The molecule has 0 heterocycles. The molecule has 0 saturated heterocycles. The van der Waals surface area contributed by atoms with Crippen LogP contribution in [0, 0.1) is 0 Å². The fourth-order valence-corrected chi connectivity index (χ4v) is 4.55. The SMILES string of the molecule is COc1ccc(NC(=O)Cc2ccc(-c3cccc(C(=O)OC(C)C)c3)cc2)cc1OCCN(C(C)C)C(C)C. The third kappa shape index (κ3) is 8.85. The lowest BCUT2D eigenvalue weighted by Gasteiger charge is -2.30. The number of ether oxygens (including phenoxy) is 3. The van der Waals surface area contributed by atoms with Gasteiger partial charge in [0.25, 0.3) is 0 Å². The maximum atomic E-state index is 12.8. The predicted octanol–water partition coefficient (Wildman–Crippen LogP) is 6.61. The van der Waals surface area contributed by atoms with Crippen molar-refractivity contribution < 1.29 is 23.8 Å². The van der Waals surface area contributed by atoms with E-state index >= 15 is 0 Å². The lowest BCUT2D eigenvalue weighted by molar-refractivity contribution is -0.115. The number of nitrogens with one attached hydrogen (secondary N) is 1. The smallest absolute Gasteiger partial charge is 0.338 e. The molecule has 0 radical (unpaired) electrons. The molecule has 0 aliphatic rings. The van der Waals surface area contributed by atoms with E-state index in [9.17, 15) is 9.59 Å². The minimum Gasteiger partial charge on any atom is -0.493 e. The first-order valence-electron chi connectivity index (χ1n) is 13.8. The van der Waals surface area contributed by atoms with Crippen LogP contribution < -0.4 is 14.8 Å². The summed E-state index contributed by atoms with van der Waals surface area (Å²) in [4.78, 5) is 27.4. The molecule has 0 atom stereocenters. The first kappa shape index (κ1) is 30.7. The van der Waals surface area contributed by atoms with Crippen LogP contribution in [0.3, 0.4) is 0 Å². The van der Waals surface area contributed by atoms with Gasteiger partial charge in [0.2, 0.25) is 5.91 Å². The molecule has 0 fully saturated rings. The van der Waals surface area contributed by atoms with Crippen molar-refractivity contribution in [1.29, 1.82) is 0 Å². The van der Waals surface area contributed by atoms with Crippen LogP contribution >= 0.6 is 0 Å². The molecule has 0 aliphatic heterocycles. The molecule has 214 valence electrons. The van der Waals surface area contributed by atoms with Gasteiger partial charge in [-0.15, -0.1) is 0 Å². The van der Waals surface area contributed by atoms with Crippen LogP contribution in [-0.4, -0.2) is 55.2 Å². The van der Waals surface area contributed by atoms with E-state index in [1.54, 1.807) is 31.4 Å². The number of amides is 1. The van der Waals surface area contributed by atoms with E-state index in [2.05, 4.69) is 37.9 Å². The van der Waals surface area contributed by atoms with E-state index in [4.69, 9.17) is 14.2 Å². The fourth-order valence-electron chi connectivity index (χ4n) is 4.55. The van der Waals surface area contributed by atoms with Gasteiger partial charge < -0.3 is 19.5 Å². The number of esters is 1. The van der Waals surface area contributed by atoms with Gasteiger partial charge in [-0.2, -0.15) is 0 Å². The number of hydrogen-bond acceptors (Lipinski definition) is 6. The molecule has 0 aliphatic carbocycles. The Morgan fingerprint density at radius 1 is 0.825 bits per heavy atom. The van der Waals surface area contributed by atoms with Crippen molar-refractivity contribution in [2.75, 3.05) is 25.6 Å². The monoisotopic (exact) mass is 546 g/mol. The summed E-state index contributed by atoms with van der Waals surface area (Å²) in [6, 6.07) is 21.3. The van der Waals surface area contributed by atoms with E-state index in [-0.39, 0.29) is 24.4 Å². The van der Waals surface area contributed by atoms with Crippen molar-refractivity contribution in [3.05, 3.63) is 77.9 Å². The van der Waals surface area contributed by atoms with Crippen molar-refractivity contribution in [2.24, 2.45) is 0 Å². The molecular formula is C33H42N2O5. The summed E-state index contributed by atoms with van der Waals surface area (Å²) < 4.78 is 16.8. The number of carbonyl (C=O) groups excluding carboxylic acids is 2. The van der Waals surface area contributed by atoms with Gasteiger partial charge in [-0.05, 0) is 82.5 Å². The normalized spacial score (nSPS) is 11.3. The minimum absolute atomic E-state index is 0.131. The fraction of sp³-hybridized carbons (Fsp3) is 0.394. The van der Waals surface area contributed by atoms with Crippen molar-refractivity contribution in [3.63, 3.8) is 0 Å². The maximum absolute atomic E-state index is 12.8. The highest BCUT2D eigenvalue weighted by Gasteiger charge is 2.15. The molecule has 7 heteroatoms. The van der Waals surface area contributed by atoms with E-state index < -0.39 is 0 Å². The number of anilines is 1. The Balaban J connectivity index is 1.61. The predicted molar refractivity (Wildman–Crippen MR) is 160 cm³/mol. The van der Waals surface area contributed by atoms with Crippen molar-refractivity contribution in [2.45, 2.75) is 66.2 Å². The third-order valence-corrected chi connectivity index (χ3v) is 6.47. The number of nitrogens with zero attached hydrogens (tertiary/aromatic N) is 1. The van der Waals surface area contributed by atoms with Gasteiger partial charge in [-0.25, -0.2) is 4.79 Å². The summed E-state index contributed by atoms with van der Waals surface area (Å²) in [6.07, 6.45) is 0.0464. The van der Waals surface area contributed by atoms with Crippen molar-refractivity contribution in [1.82, 2.24) is 4.90 Å². The van der Waals surface area contributed by atoms with Gasteiger partial charge in [0.05, 0.1) is 25.2 Å². The summed E-state index contributed by atoms with van der Waals surface area (Å²) in [5.74, 6) is 0.741.